The van der Waals surface area contributed by atoms with Gasteiger partial charge in [0.15, 0.2) is 6.04 Å². The van der Waals surface area contributed by atoms with Gasteiger partial charge in [-0.2, -0.15) is 0 Å². The number of amides is 3. The first kappa shape index (κ1) is 39.8. The zero-order valence-electron chi connectivity index (χ0n) is 31.7. The van der Waals surface area contributed by atoms with E-state index in [4.69, 9.17) is 13.9 Å². The van der Waals surface area contributed by atoms with Crippen molar-refractivity contribution in [3.05, 3.63) is 119 Å². The van der Waals surface area contributed by atoms with Crippen LogP contribution in [0.2, 0.25) is 0 Å². The van der Waals surface area contributed by atoms with Crippen molar-refractivity contribution in [3.8, 4) is 0 Å². The van der Waals surface area contributed by atoms with Gasteiger partial charge in [0.05, 0.1) is 18.1 Å². The normalized spacial score (nSPS) is 14.4. The highest BCUT2D eigenvalue weighted by molar-refractivity contribution is 5.85. The summed E-state index contributed by atoms with van der Waals surface area (Å²) in [4.78, 5) is 41.6. The average molecular weight is 712 g/mol. The van der Waals surface area contributed by atoms with Crippen LogP contribution in [0.3, 0.4) is 0 Å². The molecule has 3 N–H and O–H groups in total. The van der Waals surface area contributed by atoms with Gasteiger partial charge < -0.3 is 29.8 Å². The van der Waals surface area contributed by atoms with Crippen LogP contribution < -0.4 is 16.0 Å². The van der Waals surface area contributed by atoms with Crippen LogP contribution >= 0.6 is 0 Å². The van der Waals surface area contributed by atoms with Crippen LogP contribution in [0.1, 0.15) is 116 Å². The smallest absolute Gasteiger partial charge is 0.331 e. The predicted octanol–water partition coefficient (Wildman–Crippen LogP) is 7.34. The van der Waals surface area contributed by atoms with E-state index in [2.05, 4.69) is 26.1 Å². The Kier molecular flexibility index (Phi) is 13.0. The molecule has 1 aromatic heterocycles. The zero-order chi connectivity index (χ0) is 38.1. The molecule has 11 nitrogen and oxygen atoms in total. The molecule has 4 atom stereocenters. The number of carbonyl (C=O) groups is 3. The summed E-state index contributed by atoms with van der Waals surface area (Å²) in [7, 11) is 0. The molecule has 1 unspecified atom stereocenters. The molecule has 0 bridgehead atoms. The Balaban J connectivity index is 1.71. The second kappa shape index (κ2) is 17.0. The summed E-state index contributed by atoms with van der Waals surface area (Å²) < 4.78 is 17.8. The first-order valence-electron chi connectivity index (χ1n) is 17.8. The third kappa shape index (κ3) is 10.5. The highest BCUT2D eigenvalue weighted by Gasteiger charge is 2.40. The van der Waals surface area contributed by atoms with Crippen molar-refractivity contribution < 1.29 is 28.3 Å². The number of hydrogen-bond acceptors (Lipinski definition) is 8. The van der Waals surface area contributed by atoms with Gasteiger partial charge in [-0.3, -0.25) is 4.79 Å². The van der Waals surface area contributed by atoms with E-state index in [0.717, 1.165) is 23.1 Å². The van der Waals surface area contributed by atoms with Gasteiger partial charge in [-0.1, -0.05) is 105 Å². The van der Waals surface area contributed by atoms with Crippen molar-refractivity contribution in [1.82, 2.24) is 26.1 Å². The molecular weight excluding hydrogens is 658 g/mol. The molecule has 0 aliphatic rings. The van der Waals surface area contributed by atoms with Crippen molar-refractivity contribution in [2.45, 2.75) is 116 Å². The van der Waals surface area contributed by atoms with Crippen molar-refractivity contribution >= 4 is 17.9 Å². The predicted molar refractivity (Wildman–Crippen MR) is 199 cm³/mol. The molecule has 0 saturated heterocycles. The molecule has 11 heteroatoms. The maximum absolute atomic E-state index is 14.4. The Hall–Kier alpha value is -5.03. The van der Waals surface area contributed by atoms with Gasteiger partial charge in [-0.25, -0.2) is 9.59 Å². The van der Waals surface area contributed by atoms with E-state index in [-0.39, 0.29) is 18.2 Å². The lowest BCUT2D eigenvalue weighted by atomic mass is 9.77. The van der Waals surface area contributed by atoms with Crippen LogP contribution in [0.15, 0.2) is 95.4 Å². The number of carbonyl (C=O) groups excluding carboxylic acids is 3. The molecule has 0 radical (unpaired) electrons. The summed E-state index contributed by atoms with van der Waals surface area (Å²) in [6, 6.07) is 26.2. The number of nitrogens with zero attached hydrogens (tertiary/aromatic N) is 2. The van der Waals surface area contributed by atoms with E-state index in [1.807, 2.05) is 126 Å². The molecule has 4 rings (SSSR count). The Morgan fingerprint density at radius 2 is 1.19 bits per heavy atom. The Labute approximate surface area is 307 Å². The number of esters is 1. The quantitative estimate of drug-likeness (QED) is 0.0911. The first-order chi connectivity index (χ1) is 24.5. The Morgan fingerprint density at radius 3 is 1.63 bits per heavy atom. The summed E-state index contributed by atoms with van der Waals surface area (Å²) in [5.74, 6) is -0.671. The molecule has 278 valence electrons. The minimum absolute atomic E-state index is 0.0432. The number of rotatable bonds is 14. The van der Waals surface area contributed by atoms with E-state index in [1.54, 1.807) is 27.7 Å². The van der Waals surface area contributed by atoms with E-state index >= 15 is 0 Å². The molecule has 4 aromatic rings. The lowest BCUT2D eigenvalue weighted by Gasteiger charge is -2.37. The summed E-state index contributed by atoms with van der Waals surface area (Å²) in [6.07, 6.45) is -0.280. The fraction of sp³-hybridized carbons (Fsp3) is 0.439. The number of benzene rings is 3. The average Bonchev–Trinajstić information content (AvgIpc) is 3.59. The molecule has 1 heterocycles. The summed E-state index contributed by atoms with van der Waals surface area (Å²) in [5, 5.41) is 17.4. The molecule has 52 heavy (non-hydrogen) atoms. The Bertz CT molecular complexity index is 1650. The maximum Gasteiger partial charge on any atom is 0.331 e. The van der Waals surface area contributed by atoms with Crippen LogP contribution in [0.25, 0.3) is 0 Å². The minimum atomic E-state index is -1.17. The number of urea groups is 1. The van der Waals surface area contributed by atoms with Crippen LogP contribution in [-0.2, 0) is 24.6 Å². The van der Waals surface area contributed by atoms with Crippen LogP contribution in [0.4, 0.5) is 4.79 Å². The molecule has 3 aromatic carbocycles. The van der Waals surface area contributed by atoms with Gasteiger partial charge in [0.2, 0.25) is 17.7 Å². The number of ether oxygens (including phenoxy) is 2. The molecule has 0 saturated carbocycles. The summed E-state index contributed by atoms with van der Waals surface area (Å²) in [6.45, 7) is 16.5. The topological polar surface area (TPSA) is 145 Å². The molecule has 0 spiro atoms. The zero-order valence-corrected chi connectivity index (χ0v) is 31.7. The molecule has 3 amide bonds. The van der Waals surface area contributed by atoms with Crippen molar-refractivity contribution in [2.75, 3.05) is 0 Å². The number of hydrogen-bond donors (Lipinski definition) is 3. The second-order valence-corrected chi connectivity index (χ2v) is 15.0. The summed E-state index contributed by atoms with van der Waals surface area (Å²) >= 11 is 0. The van der Waals surface area contributed by atoms with E-state index in [9.17, 15) is 14.4 Å². The number of nitrogens with one attached hydrogen (secondary N) is 3. The van der Waals surface area contributed by atoms with Crippen molar-refractivity contribution in [3.63, 3.8) is 0 Å². The van der Waals surface area contributed by atoms with Gasteiger partial charge in [0.1, 0.15) is 17.2 Å². The van der Waals surface area contributed by atoms with Gasteiger partial charge in [0, 0.05) is 5.92 Å². The fourth-order valence-electron chi connectivity index (χ4n) is 5.89. The van der Waals surface area contributed by atoms with E-state index in [0.29, 0.717) is 5.89 Å². The monoisotopic (exact) mass is 711 g/mol. The highest BCUT2D eigenvalue weighted by atomic mass is 16.6. The largest absolute Gasteiger partial charge is 0.458 e. The van der Waals surface area contributed by atoms with Crippen LogP contribution in [-0.4, -0.2) is 51.5 Å². The fourth-order valence-corrected chi connectivity index (χ4v) is 5.89. The SMILES string of the molecule is CC[C@H](C)c1nnc([C@H](CC(=O)NC(c2ccccc2)(c2ccccc2)c2ccccc2)NC(=O)N[C@H](C(=O)OC(C)(C)C)C(C)OC(C)(C)C)o1. The van der Waals surface area contributed by atoms with Crippen LogP contribution in [0.5, 0.6) is 0 Å². The lowest BCUT2D eigenvalue weighted by molar-refractivity contribution is -0.164. The third-order valence-corrected chi connectivity index (χ3v) is 8.39. The molecule has 0 aliphatic heterocycles. The van der Waals surface area contributed by atoms with Gasteiger partial charge in [-0.15, -0.1) is 10.2 Å². The highest BCUT2D eigenvalue weighted by Crippen LogP contribution is 2.37. The van der Waals surface area contributed by atoms with Crippen LogP contribution in [0, 0.1) is 0 Å². The number of aromatic nitrogens is 2. The van der Waals surface area contributed by atoms with E-state index < -0.39 is 52.8 Å². The third-order valence-electron chi connectivity index (χ3n) is 8.39. The maximum atomic E-state index is 14.4. The Morgan fingerprint density at radius 1 is 0.712 bits per heavy atom. The second-order valence-electron chi connectivity index (χ2n) is 15.0. The van der Waals surface area contributed by atoms with Crippen molar-refractivity contribution in [1.29, 1.82) is 0 Å². The molecular formula is C41H53N5O6. The van der Waals surface area contributed by atoms with Crippen molar-refractivity contribution in [2.24, 2.45) is 0 Å². The lowest BCUT2D eigenvalue weighted by Crippen LogP contribution is -2.55. The van der Waals surface area contributed by atoms with Gasteiger partial charge in [0.25, 0.3) is 0 Å². The van der Waals surface area contributed by atoms with Gasteiger partial charge >= 0.3 is 12.0 Å². The first-order valence-corrected chi connectivity index (χ1v) is 17.8. The molecule has 0 aliphatic carbocycles. The summed E-state index contributed by atoms with van der Waals surface area (Å²) in [5.41, 5.74) is 0.00578. The minimum Gasteiger partial charge on any atom is -0.458 e. The standard InChI is InChI=1S/C41H53N5O6/c1-10-27(2)35-45-46-36(50-35)32(42-38(49)43-34(28(3)51-39(4,5)6)37(48)52-40(7,8)9)26-33(47)44-41(29-20-14-11-15-21-29,30-22-16-12-17-23-30)31-24-18-13-19-25-31/h11-25,27-28,32,34H,10,26H2,1-9H3,(H,44,47)(H2,42,43,49)/t27-,28?,32-,34-/m0/s1. The van der Waals surface area contributed by atoms with Gasteiger partial charge in [-0.05, 0) is 71.6 Å². The molecule has 0 fully saturated rings. The van der Waals surface area contributed by atoms with E-state index in [1.165, 1.54) is 0 Å².